The molecule has 1 aromatic carbocycles. The van der Waals surface area contributed by atoms with Crippen molar-refractivity contribution in [3.05, 3.63) is 56.3 Å². The van der Waals surface area contributed by atoms with Crippen LogP contribution < -0.4 is 10.9 Å². The molecule has 5 nitrogen and oxygen atoms in total. The average Bonchev–Trinajstić information content (AvgIpc) is 2.25. The largest absolute Gasteiger partial charge is 0.494 e. The lowest BCUT2D eigenvalue weighted by molar-refractivity contribution is 0.102. The fraction of sp³-hybridized carbons (Fsp3) is 0. The van der Waals surface area contributed by atoms with Gasteiger partial charge in [-0.15, -0.1) is 0 Å². The highest BCUT2D eigenvalue weighted by atomic mass is 35.5. The molecule has 0 saturated heterocycles. The van der Waals surface area contributed by atoms with Crippen molar-refractivity contribution in [3.63, 3.8) is 0 Å². The Morgan fingerprint density at radius 3 is 2.32 bits per heavy atom. The van der Waals surface area contributed by atoms with Gasteiger partial charge in [0.05, 0.1) is 5.56 Å². The van der Waals surface area contributed by atoms with Crippen LogP contribution in [0.2, 0.25) is 10.0 Å². The number of amides is 1. The Morgan fingerprint density at radius 1 is 1.11 bits per heavy atom. The second-order valence-electron chi connectivity index (χ2n) is 3.73. The van der Waals surface area contributed by atoms with Gasteiger partial charge < -0.3 is 10.4 Å². The van der Waals surface area contributed by atoms with Crippen molar-refractivity contribution in [2.24, 2.45) is 0 Å². The summed E-state index contributed by atoms with van der Waals surface area (Å²) in [5.41, 5.74) is -0.158. The topological polar surface area (TPSA) is 82.2 Å². The maximum atomic E-state index is 11.9. The van der Waals surface area contributed by atoms with E-state index in [0.29, 0.717) is 15.7 Å². The molecule has 2 aromatic rings. The number of carbonyl (C=O) groups excluding carboxylic acids is 1. The molecule has 0 saturated carbocycles. The Balaban J connectivity index is 2.27. The van der Waals surface area contributed by atoms with Crippen LogP contribution in [0.25, 0.3) is 0 Å². The van der Waals surface area contributed by atoms with Gasteiger partial charge in [-0.3, -0.25) is 14.6 Å². The second kappa shape index (κ2) is 5.34. The van der Waals surface area contributed by atoms with Crippen molar-refractivity contribution in [2.75, 3.05) is 5.32 Å². The van der Waals surface area contributed by atoms with E-state index in [1.54, 1.807) is 0 Å². The fourth-order valence-electron chi connectivity index (χ4n) is 1.49. The molecule has 0 spiro atoms. The highest BCUT2D eigenvalue weighted by molar-refractivity contribution is 6.35. The van der Waals surface area contributed by atoms with Gasteiger partial charge in [-0.1, -0.05) is 23.2 Å². The first-order valence-electron chi connectivity index (χ1n) is 5.15. The first-order valence-corrected chi connectivity index (χ1v) is 5.90. The summed E-state index contributed by atoms with van der Waals surface area (Å²) in [6, 6.07) is 6.76. The number of aromatic hydroxyl groups is 1. The summed E-state index contributed by atoms with van der Waals surface area (Å²) in [7, 11) is 0. The minimum absolute atomic E-state index is 0.0253. The molecule has 0 fully saturated rings. The van der Waals surface area contributed by atoms with Crippen LogP contribution in [-0.4, -0.2) is 16.0 Å². The smallest absolute Gasteiger partial charge is 0.256 e. The Bertz CT molecular complexity index is 677. The summed E-state index contributed by atoms with van der Waals surface area (Å²) in [5, 5.41) is 12.5. The number of anilines is 1. The number of carbonyl (C=O) groups is 1. The molecule has 1 heterocycles. The van der Waals surface area contributed by atoms with Crippen LogP contribution in [0.5, 0.6) is 5.88 Å². The summed E-state index contributed by atoms with van der Waals surface area (Å²) >= 11 is 11.6. The molecule has 98 valence electrons. The van der Waals surface area contributed by atoms with Crippen LogP contribution in [0, 0.1) is 0 Å². The predicted octanol–water partition coefficient (Wildman–Crippen LogP) is 2.64. The number of H-pyrrole nitrogens is 1. The van der Waals surface area contributed by atoms with Gasteiger partial charge in [-0.2, -0.15) is 0 Å². The van der Waals surface area contributed by atoms with Crippen LogP contribution in [0.3, 0.4) is 0 Å². The molecular weight excluding hydrogens is 291 g/mol. The molecule has 0 bridgehead atoms. The number of pyridine rings is 1. The molecule has 0 atom stereocenters. The fourth-order valence-corrected chi connectivity index (χ4v) is 2.01. The van der Waals surface area contributed by atoms with Gasteiger partial charge in [0.2, 0.25) is 0 Å². The summed E-state index contributed by atoms with van der Waals surface area (Å²) in [5.74, 6) is -0.943. The molecule has 0 radical (unpaired) electrons. The van der Waals surface area contributed by atoms with Gasteiger partial charge in [0.1, 0.15) is 0 Å². The van der Waals surface area contributed by atoms with E-state index in [-0.39, 0.29) is 11.4 Å². The number of benzene rings is 1. The summed E-state index contributed by atoms with van der Waals surface area (Å²) < 4.78 is 0. The van der Waals surface area contributed by atoms with Crippen LogP contribution in [-0.2, 0) is 0 Å². The van der Waals surface area contributed by atoms with Crippen molar-refractivity contribution >= 4 is 34.8 Å². The van der Waals surface area contributed by atoms with E-state index in [0.717, 1.165) is 12.1 Å². The molecule has 0 aliphatic rings. The standard InChI is InChI=1S/C12H8Cl2N2O3/c13-7-3-8(14)5-9(4-7)15-12(19)6-1-10(17)16-11(18)2-6/h1-5H,(H,15,19)(H2,16,17,18). The molecule has 0 unspecified atom stereocenters. The van der Waals surface area contributed by atoms with E-state index in [2.05, 4.69) is 10.3 Å². The third-order valence-corrected chi connectivity index (χ3v) is 2.65. The molecular formula is C12H8Cl2N2O3. The molecule has 3 N–H and O–H groups in total. The van der Waals surface area contributed by atoms with Gasteiger partial charge in [-0.05, 0) is 18.2 Å². The SMILES string of the molecule is O=C(Nc1cc(Cl)cc(Cl)c1)c1cc(O)[nH]c(=O)c1. The first kappa shape index (κ1) is 13.5. The number of aromatic nitrogens is 1. The van der Waals surface area contributed by atoms with Gasteiger partial charge in [-0.25, -0.2) is 0 Å². The van der Waals surface area contributed by atoms with Crippen LogP contribution in [0.4, 0.5) is 5.69 Å². The Kier molecular flexibility index (Phi) is 3.78. The van der Waals surface area contributed by atoms with E-state index in [9.17, 15) is 14.7 Å². The highest BCUT2D eigenvalue weighted by Gasteiger charge is 2.09. The lowest BCUT2D eigenvalue weighted by Crippen LogP contribution is -2.15. The lowest BCUT2D eigenvalue weighted by atomic mass is 10.2. The van der Waals surface area contributed by atoms with Crippen molar-refractivity contribution in [2.45, 2.75) is 0 Å². The molecule has 2 rings (SSSR count). The summed E-state index contributed by atoms with van der Waals surface area (Å²) in [6.07, 6.45) is 0. The van der Waals surface area contributed by atoms with Gasteiger partial charge in [0.25, 0.3) is 11.5 Å². The monoisotopic (exact) mass is 298 g/mol. The molecule has 0 aliphatic heterocycles. The minimum atomic E-state index is -0.575. The zero-order valence-electron chi connectivity index (χ0n) is 9.41. The maximum Gasteiger partial charge on any atom is 0.256 e. The minimum Gasteiger partial charge on any atom is -0.494 e. The van der Waals surface area contributed by atoms with Gasteiger partial charge in [0, 0.05) is 27.9 Å². The maximum absolute atomic E-state index is 11.9. The number of hydrogen-bond acceptors (Lipinski definition) is 3. The lowest BCUT2D eigenvalue weighted by Gasteiger charge is -2.06. The van der Waals surface area contributed by atoms with Crippen molar-refractivity contribution in [3.8, 4) is 5.88 Å². The van der Waals surface area contributed by atoms with Gasteiger partial charge in [0.15, 0.2) is 5.88 Å². The number of hydrogen-bond donors (Lipinski definition) is 3. The number of nitrogens with one attached hydrogen (secondary N) is 2. The zero-order valence-corrected chi connectivity index (χ0v) is 10.9. The number of halogens is 2. The third-order valence-electron chi connectivity index (χ3n) is 2.21. The van der Waals surface area contributed by atoms with E-state index in [1.165, 1.54) is 18.2 Å². The van der Waals surface area contributed by atoms with E-state index in [1.807, 2.05) is 0 Å². The van der Waals surface area contributed by atoms with E-state index in [4.69, 9.17) is 23.2 Å². The highest BCUT2D eigenvalue weighted by Crippen LogP contribution is 2.22. The van der Waals surface area contributed by atoms with E-state index >= 15 is 0 Å². The molecule has 1 aromatic heterocycles. The summed E-state index contributed by atoms with van der Waals surface area (Å²) in [6.45, 7) is 0. The molecule has 7 heteroatoms. The Morgan fingerprint density at radius 2 is 1.74 bits per heavy atom. The number of aromatic amines is 1. The Labute approximate surface area is 117 Å². The van der Waals surface area contributed by atoms with Crippen LogP contribution in [0.1, 0.15) is 10.4 Å². The van der Waals surface area contributed by atoms with Gasteiger partial charge >= 0.3 is 0 Å². The van der Waals surface area contributed by atoms with Crippen molar-refractivity contribution in [1.29, 1.82) is 0 Å². The van der Waals surface area contributed by atoms with Crippen LogP contribution in [0.15, 0.2) is 35.1 Å². The first-order chi connectivity index (χ1) is 8.94. The molecule has 19 heavy (non-hydrogen) atoms. The third kappa shape index (κ3) is 3.49. The molecule has 0 aliphatic carbocycles. The van der Waals surface area contributed by atoms with E-state index < -0.39 is 11.5 Å². The van der Waals surface area contributed by atoms with Crippen molar-refractivity contribution in [1.82, 2.24) is 4.98 Å². The van der Waals surface area contributed by atoms with Crippen LogP contribution >= 0.6 is 23.2 Å². The number of rotatable bonds is 2. The molecule has 1 amide bonds. The average molecular weight is 299 g/mol. The van der Waals surface area contributed by atoms with Crippen molar-refractivity contribution < 1.29 is 9.90 Å². The summed E-state index contributed by atoms with van der Waals surface area (Å²) in [4.78, 5) is 25.1. The quantitative estimate of drug-likeness (QED) is 0.797. The predicted molar refractivity (Wildman–Crippen MR) is 73.1 cm³/mol. The normalized spacial score (nSPS) is 10.2. The second-order valence-corrected chi connectivity index (χ2v) is 4.60. The Hall–Kier alpha value is -1.98. The zero-order chi connectivity index (χ0) is 14.0.